The lowest BCUT2D eigenvalue weighted by molar-refractivity contribution is -0.144. The number of fused-ring (bicyclic) bond motifs is 1. The van der Waals surface area contributed by atoms with Gasteiger partial charge in [0.1, 0.15) is 23.1 Å². The number of pyridine rings is 1. The second-order valence-electron chi connectivity index (χ2n) is 10.9. The highest BCUT2D eigenvalue weighted by Gasteiger charge is 2.37. The van der Waals surface area contributed by atoms with Crippen LogP contribution in [0.5, 0.6) is 5.75 Å². The van der Waals surface area contributed by atoms with Gasteiger partial charge in [0.2, 0.25) is 5.82 Å². The number of rotatable bonds is 7. The number of carbonyl (C=O) groups is 1. The summed E-state index contributed by atoms with van der Waals surface area (Å²) >= 11 is 0. The molecule has 1 fully saturated rings. The molecule has 6 rings (SSSR count). The van der Waals surface area contributed by atoms with E-state index < -0.39 is 35.5 Å². The molecular formula is C32H26F5N5O2. The second kappa shape index (κ2) is 11.0. The van der Waals surface area contributed by atoms with Gasteiger partial charge in [-0.25, -0.2) is 18.7 Å². The van der Waals surface area contributed by atoms with Crippen molar-refractivity contribution in [1.82, 2.24) is 25.2 Å². The number of carbonyl (C=O) groups excluding carboxylic acids is 1. The normalized spacial score (nSPS) is 17.1. The molecule has 1 saturated heterocycles. The van der Waals surface area contributed by atoms with Gasteiger partial charge in [-0.1, -0.05) is 30.3 Å². The van der Waals surface area contributed by atoms with Crippen molar-refractivity contribution in [2.24, 2.45) is 0 Å². The maximum absolute atomic E-state index is 15.1. The Morgan fingerprint density at radius 2 is 1.80 bits per heavy atom. The van der Waals surface area contributed by atoms with Crippen molar-refractivity contribution in [2.75, 3.05) is 20.1 Å². The monoisotopic (exact) mass is 607 g/mol. The van der Waals surface area contributed by atoms with Crippen molar-refractivity contribution in [3.8, 4) is 17.0 Å². The van der Waals surface area contributed by atoms with E-state index in [9.17, 15) is 27.5 Å². The van der Waals surface area contributed by atoms with Crippen LogP contribution in [-0.4, -0.2) is 51.0 Å². The van der Waals surface area contributed by atoms with E-state index in [4.69, 9.17) is 0 Å². The number of imidazole rings is 1. The molecule has 3 heterocycles. The van der Waals surface area contributed by atoms with E-state index in [2.05, 4.69) is 20.3 Å². The Bertz CT molecular complexity index is 1890. The van der Waals surface area contributed by atoms with Crippen LogP contribution in [0.1, 0.15) is 50.5 Å². The van der Waals surface area contributed by atoms with Gasteiger partial charge in [-0.2, -0.15) is 13.2 Å². The SMILES string of the molecule is Cc1cc(-c2nc(C(CNC(=O)c3ccc4nc(C(F)(F)F)[nH]c4c3)c3ccccc3)cc(C3CN3C)c2O)c(F)cc1F. The van der Waals surface area contributed by atoms with Gasteiger partial charge in [-0.15, -0.1) is 0 Å². The number of H-pyrrole nitrogens is 1. The predicted octanol–water partition coefficient (Wildman–Crippen LogP) is 6.48. The van der Waals surface area contributed by atoms with Crippen molar-refractivity contribution >= 4 is 16.9 Å². The molecular weight excluding hydrogens is 581 g/mol. The first-order chi connectivity index (χ1) is 20.9. The molecule has 0 aliphatic carbocycles. The van der Waals surface area contributed by atoms with Gasteiger partial charge in [-0.3, -0.25) is 9.69 Å². The van der Waals surface area contributed by atoms with E-state index in [1.807, 2.05) is 42.3 Å². The topological polar surface area (TPSA) is 93.9 Å². The van der Waals surface area contributed by atoms with Crippen molar-refractivity contribution in [1.29, 1.82) is 0 Å². The second-order valence-corrected chi connectivity index (χ2v) is 10.9. The Balaban J connectivity index is 1.38. The molecule has 0 radical (unpaired) electrons. The van der Waals surface area contributed by atoms with Crippen LogP contribution in [0.2, 0.25) is 0 Å². The summed E-state index contributed by atoms with van der Waals surface area (Å²) in [5, 5.41) is 14.1. The summed E-state index contributed by atoms with van der Waals surface area (Å²) in [7, 11) is 1.87. The third kappa shape index (κ3) is 5.60. The molecule has 0 bridgehead atoms. The molecule has 3 atom stereocenters. The summed E-state index contributed by atoms with van der Waals surface area (Å²) in [5.74, 6) is -4.09. The number of nitrogens with one attached hydrogen (secondary N) is 2. The standard InChI is InChI=1S/C32H26F5N5O2/c1-16-10-19(23(34)13-22(16)33)28-29(43)20(27-15-42(27)2)12-25(39-28)21(17-6-4-3-5-7-17)14-38-30(44)18-8-9-24-26(11-18)41-31(40-24)32(35,36)37/h3-13,21,27,43H,14-15H2,1-2H3,(H,38,44)(H,40,41). The highest BCUT2D eigenvalue weighted by molar-refractivity contribution is 5.97. The average Bonchev–Trinajstić information content (AvgIpc) is 3.54. The van der Waals surface area contributed by atoms with Gasteiger partial charge >= 0.3 is 6.18 Å². The number of hydrogen-bond donors (Lipinski definition) is 3. The Hall–Kier alpha value is -4.84. The lowest BCUT2D eigenvalue weighted by atomic mass is 9.92. The van der Waals surface area contributed by atoms with Crippen LogP contribution in [0.3, 0.4) is 0 Å². The van der Waals surface area contributed by atoms with E-state index in [1.54, 1.807) is 6.07 Å². The number of alkyl halides is 3. The molecule has 3 N–H and O–H groups in total. The molecule has 1 aliphatic rings. The minimum absolute atomic E-state index is 0.0136. The largest absolute Gasteiger partial charge is 0.505 e. The van der Waals surface area contributed by atoms with Crippen LogP contribution in [0, 0.1) is 18.6 Å². The maximum Gasteiger partial charge on any atom is 0.449 e. The van der Waals surface area contributed by atoms with Crippen LogP contribution in [0.15, 0.2) is 66.7 Å². The minimum atomic E-state index is -4.66. The van der Waals surface area contributed by atoms with Gasteiger partial charge in [0, 0.05) is 41.8 Å². The Labute approximate surface area is 248 Å². The number of aromatic amines is 1. The highest BCUT2D eigenvalue weighted by atomic mass is 19.4. The fourth-order valence-electron chi connectivity index (χ4n) is 5.26. The number of nitrogens with zero attached hydrogens (tertiary/aromatic N) is 3. The molecule has 44 heavy (non-hydrogen) atoms. The van der Waals surface area contributed by atoms with E-state index in [0.29, 0.717) is 17.8 Å². The summed E-state index contributed by atoms with van der Waals surface area (Å²) in [6.45, 7) is 2.15. The molecule has 3 unspecified atom stereocenters. The fourth-order valence-corrected chi connectivity index (χ4v) is 5.26. The molecule has 2 aromatic heterocycles. The van der Waals surface area contributed by atoms with Gasteiger partial charge in [0.25, 0.3) is 5.91 Å². The minimum Gasteiger partial charge on any atom is -0.505 e. The first kappa shape index (κ1) is 29.2. The lowest BCUT2D eigenvalue weighted by Gasteiger charge is -2.21. The van der Waals surface area contributed by atoms with E-state index in [-0.39, 0.29) is 51.8 Å². The van der Waals surface area contributed by atoms with Gasteiger partial charge in [-0.05, 0) is 55.4 Å². The number of aromatic nitrogens is 3. The predicted molar refractivity (Wildman–Crippen MR) is 153 cm³/mol. The van der Waals surface area contributed by atoms with Crippen LogP contribution in [0.4, 0.5) is 22.0 Å². The van der Waals surface area contributed by atoms with E-state index in [1.165, 1.54) is 31.2 Å². The Kier molecular flexibility index (Phi) is 7.32. The molecule has 12 heteroatoms. The van der Waals surface area contributed by atoms with Gasteiger partial charge in [0.05, 0.1) is 22.8 Å². The fraction of sp³-hybridized carbons (Fsp3) is 0.219. The van der Waals surface area contributed by atoms with Crippen LogP contribution in [0.25, 0.3) is 22.3 Å². The van der Waals surface area contributed by atoms with Crippen molar-refractivity contribution < 1.29 is 31.9 Å². The zero-order valence-corrected chi connectivity index (χ0v) is 23.5. The van der Waals surface area contributed by atoms with Crippen LogP contribution < -0.4 is 5.32 Å². The summed E-state index contributed by atoms with van der Waals surface area (Å²) in [5.41, 5.74) is 2.03. The summed E-state index contributed by atoms with van der Waals surface area (Å²) < 4.78 is 68.5. The number of halogens is 5. The zero-order chi connectivity index (χ0) is 31.3. The number of amides is 1. The average molecular weight is 608 g/mol. The highest BCUT2D eigenvalue weighted by Crippen LogP contribution is 2.44. The van der Waals surface area contributed by atoms with E-state index in [0.717, 1.165) is 11.6 Å². The van der Waals surface area contributed by atoms with Gasteiger partial charge in [0.15, 0.2) is 0 Å². The molecule has 5 aromatic rings. The quantitative estimate of drug-likeness (QED) is 0.145. The lowest BCUT2D eigenvalue weighted by Crippen LogP contribution is -2.29. The molecule has 0 spiro atoms. The molecule has 0 saturated carbocycles. The van der Waals surface area contributed by atoms with E-state index >= 15 is 4.39 Å². The molecule has 3 aromatic carbocycles. The third-order valence-electron chi connectivity index (χ3n) is 7.80. The Morgan fingerprint density at radius 3 is 2.48 bits per heavy atom. The summed E-state index contributed by atoms with van der Waals surface area (Å²) in [6, 6.07) is 16.8. The number of hydrogen-bond acceptors (Lipinski definition) is 5. The first-order valence-corrected chi connectivity index (χ1v) is 13.7. The molecule has 7 nitrogen and oxygen atoms in total. The van der Waals surface area contributed by atoms with Gasteiger partial charge < -0.3 is 15.4 Å². The summed E-state index contributed by atoms with van der Waals surface area (Å²) in [6.07, 6.45) is -4.66. The molecule has 226 valence electrons. The first-order valence-electron chi connectivity index (χ1n) is 13.7. The van der Waals surface area contributed by atoms with Crippen molar-refractivity contribution in [3.63, 3.8) is 0 Å². The number of benzene rings is 3. The number of likely N-dealkylation sites (N-methyl/N-ethyl adjacent to an activating group) is 1. The zero-order valence-electron chi connectivity index (χ0n) is 23.5. The van der Waals surface area contributed by atoms with Crippen molar-refractivity contribution in [3.05, 3.63) is 112 Å². The number of aryl methyl sites for hydroxylation is 1. The summed E-state index contributed by atoms with van der Waals surface area (Å²) in [4.78, 5) is 25.6. The third-order valence-corrected chi connectivity index (χ3v) is 7.80. The van der Waals surface area contributed by atoms with Crippen LogP contribution in [-0.2, 0) is 6.18 Å². The Morgan fingerprint density at radius 1 is 1.07 bits per heavy atom. The molecule has 1 aliphatic heterocycles. The molecule has 1 amide bonds. The number of aromatic hydroxyl groups is 1. The van der Waals surface area contributed by atoms with Crippen LogP contribution >= 0.6 is 0 Å². The maximum atomic E-state index is 15.1. The van der Waals surface area contributed by atoms with Crippen molar-refractivity contribution in [2.45, 2.75) is 25.1 Å². The smallest absolute Gasteiger partial charge is 0.449 e.